The Kier molecular flexibility index (Phi) is 3.69. The fourth-order valence-corrected chi connectivity index (χ4v) is 1.44. The maximum atomic E-state index is 11.6. The molecule has 0 aromatic carbocycles. The van der Waals surface area contributed by atoms with Crippen LogP contribution in [0.4, 0.5) is 0 Å². The second-order valence-electron chi connectivity index (χ2n) is 3.64. The third-order valence-corrected chi connectivity index (χ3v) is 2.57. The number of nitrogens with zero attached hydrogens (tertiary/aromatic N) is 2. The number of piperazine rings is 1. The summed E-state index contributed by atoms with van der Waals surface area (Å²) < 4.78 is 0. The van der Waals surface area contributed by atoms with E-state index in [0.717, 1.165) is 32.6 Å². The van der Waals surface area contributed by atoms with Crippen molar-refractivity contribution in [3.63, 3.8) is 0 Å². The van der Waals surface area contributed by atoms with Crippen molar-refractivity contribution in [1.29, 1.82) is 0 Å². The van der Waals surface area contributed by atoms with Gasteiger partial charge >= 0.3 is 0 Å². The monoisotopic (exact) mass is 185 g/mol. The normalized spacial score (nSPS) is 21.6. The van der Waals surface area contributed by atoms with Gasteiger partial charge in [-0.2, -0.15) is 0 Å². The highest BCUT2D eigenvalue weighted by molar-refractivity contribution is 5.81. The molecule has 2 N–H and O–H groups in total. The zero-order valence-electron chi connectivity index (χ0n) is 8.49. The lowest BCUT2D eigenvalue weighted by Crippen LogP contribution is -2.52. The summed E-state index contributed by atoms with van der Waals surface area (Å²) in [5, 5.41) is 0. The molecule has 1 aliphatic rings. The quantitative estimate of drug-likeness (QED) is 0.631. The molecule has 0 aliphatic carbocycles. The summed E-state index contributed by atoms with van der Waals surface area (Å²) in [5.41, 5.74) is 5.68. The minimum atomic E-state index is -0.302. The number of amides is 1. The topological polar surface area (TPSA) is 49.6 Å². The Morgan fingerprint density at radius 1 is 1.38 bits per heavy atom. The zero-order chi connectivity index (χ0) is 9.84. The lowest BCUT2D eigenvalue weighted by Gasteiger charge is -2.33. The lowest BCUT2D eigenvalue weighted by atomic mass is 10.2. The number of carbonyl (C=O) groups is 1. The Morgan fingerprint density at radius 3 is 2.38 bits per heavy atom. The van der Waals surface area contributed by atoms with E-state index in [2.05, 4.69) is 11.9 Å². The highest BCUT2D eigenvalue weighted by Crippen LogP contribution is 2.02. The Hall–Kier alpha value is -0.610. The Balaban J connectivity index is 2.40. The third-order valence-electron chi connectivity index (χ3n) is 2.57. The van der Waals surface area contributed by atoms with Crippen LogP contribution in [0.5, 0.6) is 0 Å². The summed E-state index contributed by atoms with van der Waals surface area (Å²) in [6.45, 7) is 5.51. The van der Waals surface area contributed by atoms with Gasteiger partial charge in [-0.05, 0) is 13.5 Å². The fraction of sp³-hybridized carbons (Fsp3) is 0.889. The number of hydrogen-bond donors (Lipinski definition) is 1. The van der Waals surface area contributed by atoms with E-state index < -0.39 is 0 Å². The van der Waals surface area contributed by atoms with E-state index in [1.165, 1.54) is 0 Å². The van der Waals surface area contributed by atoms with E-state index in [1.54, 1.807) is 0 Å². The number of hydrogen-bond acceptors (Lipinski definition) is 3. The van der Waals surface area contributed by atoms with Gasteiger partial charge in [0.15, 0.2) is 0 Å². The minimum Gasteiger partial charge on any atom is -0.339 e. The van der Waals surface area contributed by atoms with E-state index in [1.807, 2.05) is 11.8 Å². The van der Waals surface area contributed by atoms with Gasteiger partial charge in [0.05, 0.1) is 6.04 Å². The molecule has 76 valence electrons. The fourth-order valence-electron chi connectivity index (χ4n) is 1.44. The van der Waals surface area contributed by atoms with Crippen LogP contribution in [0.15, 0.2) is 0 Å². The van der Waals surface area contributed by atoms with E-state index in [9.17, 15) is 4.79 Å². The molecule has 1 saturated heterocycles. The molecule has 13 heavy (non-hydrogen) atoms. The van der Waals surface area contributed by atoms with E-state index in [4.69, 9.17) is 5.73 Å². The SMILES string of the molecule is CC[C@@H](N)C(=O)N1CCN(C)CC1. The van der Waals surface area contributed by atoms with Gasteiger partial charge in [0.2, 0.25) is 5.91 Å². The molecule has 4 nitrogen and oxygen atoms in total. The average molecular weight is 185 g/mol. The van der Waals surface area contributed by atoms with Gasteiger partial charge in [-0.15, -0.1) is 0 Å². The number of nitrogens with two attached hydrogens (primary N) is 1. The van der Waals surface area contributed by atoms with Crippen molar-refractivity contribution >= 4 is 5.91 Å². The summed E-state index contributed by atoms with van der Waals surface area (Å²) in [5.74, 6) is 0.107. The second kappa shape index (κ2) is 4.58. The molecule has 4 heteroatoms. The number of carbonyl (C=O) groups excluding carboxylic acids is 1. The first-order valence-electron chi connectivity index (χ1n) is 4.88. The van der Waals surface area contributed by atoms with Crippen molar-refractivity contribution in [3.05, 3.63) is 0 Å². The summed E-state index contributed by atoms with van der Waals surface area (Å²) in [6, 6.07) is -0.302. The van der Waals surface area contributed by atoms with Crippen LogP contribution < -0.4 is 5.73 Å². The first-order valence-corrected chi connectivity index (χ1v) is 4.88. The maximum Gasteiger partial charge on any atom is 0.239 e. The Bertz CT molecular complexity index is 176. The third kappa shape index (κ3) is 2.67. The second-order valence-corrected chi connectivity index (χ2v) is 3.64. The predicted molar refractivity (Wildman–Crippen MR) is 52.3 cm³/mol. The molecule has 1 atom stereocenters. The van der Waals surface area contributed by atoms with Gasteiger partial charge in [0, 0.05) is 26.2 Å². The molecular weight excluding hydrogens is 166 g/mol. The molecule has 0 radical (unpaired) electrons. The highest BCUT2D eigenvalue weighted by Gasteiger charge is 2.22. The molecular formula is C9H19N3O. The molecule has 1 rings (SSSR count). The highest BCUT2D eigenvalue weighted by atomic mass is 16.2. The summed E-state index contributed by atoms with van der Waals surface area (Å²) in [7, 11) is 2.07. The molecule has 1 fully saturated rings. The first-order chi connectivity index (χ1) is 6.15. The van der Waals surface area contributed by atoms with Crippen molar-refractivity contribution in [2.24, 2.45) is 5.73 Å². The van der Waals surface area contributed by atoms with E-state index in [-0.39, 0.29) is 11.9 Å². The molecule has 1 amide bonds. The zero-order valence-corrected chi connectivity index (χ0v) is 8.49. The summed E-state index contributed by atoms with van der Waals surface area (Å²) in [6.07, 6.45) is 0.727. The lowest BCUT2D eigenvalue weighted by molar-refractivity contribution is -0.134. The largest absolute Gasteiger partial charge is 0.339 e. The summed E-state index contributed by atoms with van der Waals surface area (Å²) >= 11 is 0. The van der Waals surface area contributed by atoms with E-state index in [0.29, 0.717) is 0 Å². The summed E-state index contributed by atoms with van der Waals surface area (Å²) in [4.78, 5) is 15.7. The standard InChI is InChI=1S/C9H19N3O/c1-3-8(10)9(13)12-6-4-11(2)5-7-12/h8H,3-7,10H2,1-2H3/t8-/m1/s1. The maximum absolute atomic E-state index is 11.6. The van der Waals surface area contributed by atoms with Gasteiger partial charge in [-0.3, -0.25) is 4.79 Å². The molecule has 1 heterocycles. The van der Waals surface area contributed by atoms with Crippen LogP contribution in [0.3, 0.4) is 0 Å². The van der Waals surface area contributed by atoms with Crippen molar-refractivity contribution in [3.8, 4) is 0 Å². The smallest absolute Gasteiger partial charge is 0.239 e. The van der Waals surface area contributed by atoms with E-state index >= 15 is 0 Å². The average Bonchev–Trinajstić information content (AvgIpc) is 2.17. The van der Waals surface area contributed by atoms with Crippen molar-refractivity contribution in [2.45, 2.75) is 19.4 Å². The molecule has 0 unspecified atom stereocenters. The van der Waals surface area contributed by atoms with Crippen LogP contribution in [0.1, 0.15) is 13.3 Å². The van der Waals surface area contributed by atoms with Crippen LogP contribution in [0, 0.1) is 0 Å². The van der Waals surface area contributed by atoms with Gasteiger partial charge < -0.3 is 15.5 Å². The van der Waals surface area contributed by atoms with Gasteiger partial charge in [-0.25, -0.2) is 0 Å². The Labute approximate surface area is 79.7 Å². The van der Waals surface area contributed by atoms with Crippen molar-refractivity contribution < 1.29 is 4.79 Å². The van der Waals surface area contributed by atoms with Gasteiger partial charge in [-0.1, -0.05) is 6.92 Å². The van der Waals surface area contributed by atoms with Crippen molar-refractivity contribution in [2.75, 3.05) is 33.2 Å². The number of rotatable bonds is 2. The molecule has 0 saturated carbocycles. The van der Waals surface area contributed by atoms with Gasteiger partial charge in [0.25, 0.3) is 0 Å². The first kappa shape index (κ1) is 10.5. The Morgan fingerprint density at radius 2 is 1.92 bits per heavy atom. The predicted octanol–water partition coefficient (Wildman–Crippen LogP) is -0.502. The van der Waals surface area contributed by atoms with Crippen LogP contribution in [-0.2, 0) is 4.79 Å². The van der Waals surface area contributed by atoms with Crippen molar-refractivity contribution in [1.82, 2.24) is 9.80 Å². The molecule has 0 aromatic rings. The molecule has 0 aromatic heterocycles. The van der Waals surface area contributed by atoms with Crippen LogP contribution in [0.2, 0.25) is 0 Å². The van der Waals surface area contributed by atoms with Crippen LogP contribution in [-0.4, -0.2) is 55.0 Å². The van der Waals surface area contributed by atoms with Crippen LogP contribution in [0.25, 0.3) is 0 Å². The number of likely N-dealkylation sites (N-methyl/N-ethyl adjacent to an activating group) is 1. The molecule has 1 aliphatic heterocycles. The van der Waals surface area contributed by atoms with Gasteiger partial charge in [0.1, 0.15) is 0 Å². The minimum absolute atomic E-state index is 0.107. The molecule has 0 bridgehead atoms. The van der Waals surface area contributed by atoms with Crippen LogP contribution >= 0.6 is 0 Å². The molecule has 0 spiro atoms.